The first-order valence-corrected chi connectivity index (χ1v) is 7.11. The SMILES string of the molecule is CSc1ccc(CN(C)C(=O)CCC(C)=O)cc1. The quantitative estimate of drug-likeness (QED) is 0.742. The van der Waals surface area contributed by atoms with Crippen molar-refractivity contribution in [3.63, 3.8) is 0 Å². The maximum Gasteiger partial charge on any atom is 0.223 e. The molecule has 4 heteroatoms. The summed E-state index contributed by atoms with van der Waals surface area (Å²) >= 11 is 1.70. The number of nitrogens with zero attached hydrogens (tertiary/aromatic N) is 1. The normalized spacial score (nSPS) is 10.2. The second-order valence-corrected chi connectivity index (χ2v) is 5.18. The summed E-state index contributed by atoms with van der Waals surface area (Å²) in [6.07, 6.45) is 2.66. The summed E-state index contributed by atoms with van der Waals surface area (Å²) in [7, 11) is 1.77. The van der Waals surface area contributed by atoms with Crippen LogP contribution in [0, 0.1) is 0 Å². The van der Waals surface area contributed by atoms with Crippen LogP contribution in [0.1, 0.15) is 25.3 Å². The highest BCUT2D eigenvalue weighted by Gasteiger charge is 2.10. The minimum Gasteiger partial charge on any atom is -0.341 e. The zero-order valence-corrected chi connectivity index (χ0v) is 11.9. The van der Waals surface area contributed by atoms with E-state index in [9.17, 15) is 9.59 Å². The first kappa shape index (κ1) is 14.8. The standard InChI is InChI=1S/C14H19NO2S/c1-11(16)4-9-14(17)15(2)10-12-5-7-13(18-3)8-6-12/h5-8H,4,9-10H2,1-3H3. The van der Waals surface area contributed by atoms with Gasteiger partial charge in [0.15, 0.2) is 0 Å². The lowest BCUT2D eigenvalue weighted by Gasteiger charge is -2.17. The van der Waals surface area contributed by atoms with Crippen molar-refractivity contribution in [2.24, 2.45) is 0 Å². The fourth-order valence-electron chi connectivity index (χ4n) is 1.57. The number of amides is 1. The van der Waals surface area contributed by atoms with Gasteiger partial charge in [-0.3, -0.25) is 4.79 Å². The molecule has 1 rings (SSSR count). The van der Waals surface area contributed by atoms with E-state index in [1.54, 1.807) is 23.7 Å². The highest BCUT2D eigenvalue weighted by Crippen LogP contribution is 2.15. The van der Waals surface area contributed by atoms with E-state index in [2.05, 4.69) is 0 Å². The summed E-state index contributed by atoms with van der Waals surface area (Å²) in [5.41, 5.74) is 1.10. The van der Waals surface area contributed by atoms with Crippen LogP contribution in [-0.4, -0.2) is 29.9 Å². The lowest BCUT2D eigenvalue weighted by atomic mass is 10.2. The molecule has 3 nitrogen and oxygen atoms in total. The van der Waals surface area contributed by atoms with Gasteiger partial charge in [-0.15, -0.1) is 11.8 Å². The van der Waals surface area contributed by atoms with Gasteiger partial charge >= 0.3 is 0 Å². The number of thioether (sulfide) groups is 1. The number of carbonyl (C=O) groups excluding carboxylic acids is 2. The molecule has 98 valence electrons. The van der Waals surface area contributed by atoms with Crippen molar-refractivity contribution in [1.29, 1.82) is 0 Å². The van der Waals surface area contributed by atoms with E-state index in [0.29, 0.717) is 19.4 Å². The summed E-state index contributed by atoms with van der Waals surface area (Å²) in [5.74, 6) is 0.0696. The molecule has 0 fully saturated rings. The van der Waals surface area contributed by atoms with Gasteiger partial charge in [0.05, 0.1) is 0 Å². The molecular weight excluding hydrogens is 246 g/mol. The van der Waals surface area contributed by atoms with E-state index in [0.717, 1.165) is 5.56 Å². The maximum atomic E-state index is 11.7. The molecule has 0 aliphatic carbocycles. The second kappa shape index (κ2) is 7.21. The van der Waals surface area contributed by atoms with Crippen LogP contribution >= 0.6 is 11.8 Å². The van der Waals surface area contributed by atoms with Crippen molar-refractivity contribution in [3.8, 4) is 0 Å². The monoisotopic (exact) mass is 265 g/mol. The summed E-state index contributed by atoms with van der Waals surface area (Å²) in [6, 6.07) is 8.16. The molecule has 18 heavy (non-hydrogen) atoms. The van der Waals surface area contributed by atoms with E-state index in [-0.39, 0.29) is 11.7 Å². The van der Waals surface area contributed by atoms with Crippen LogP contribution in [0.5, 0.6) is 0 Å². The second-order valence-electron chi connectivity index (χ2n) is 4.30. The van der Waals surface area contributed by atoms with Crippen LogP contribution in [0.15, 0.2) is 29.2 Å². The Morgan fingerprint density at radius 3 is 2.28 bits per heavy atom. The first-order chi connectivity index (χ1) is 8.52. The van der Waals surface area contributed by atoms with Gasteiger partial charge in [0.2, 0.25) is 5.91 Å². The maximum absolute atomic E-state index is 11.7. The van der Waals surface area contributed by atoms with Gasteiger partial charge in [-0.2, -0.15) is 0 Å². The van der Waals surface area contributed by atoms with Gasteiger partial charge in [-0.1, -0.05) is 12.1 Å². The van der Waals surface area contributed by atoms with E-state index in [4.69, 9.17) is 0 Å². The summed E-state index contributed by atoms with van der Waals surface area (Å²) in [5, 5.41) is 0. The lowest BCUT2D eigenvalue weighted by molar-refractivity contribution is -0.132. The number of hydrogen-bond donors (Lipinski definition) is 0. The van der Waals surface area contributed by atoms with Crippen LogP contribution in [0.3, 0.4) is 0 Å². The average molecular weight is 265 g/mol. The Morgan fingerprint density at radius 1 is 1.17 bits per heavy atom. The third-order valence-electron chi connectivity index (χ3n) is 2.70. The molecule has 0 atom stereocenters. The molecule has 0 saturated heterocycles. The Bertz CT molecular complexity index is 414. The minimum atomic E-state index is 0.0131. The fraction of sp³-hybridized carbons (Fsp3) is 0.429. The van der Waals surface area contributed by atoms with Gasteiger partial charge < -0.3 is 9.69 Å². The van der Waals surface area contributed by atoms with Crippen molar-refractivity contribution in [2.75, 3.05) is 13.3 Å². The Balaban J connectivity index is 2.49. The van der Waals surface area contributed by atoms with Crippen LogP contribution in [0.25, 0.3) is 0 Å². The predicted octanol–water partition coefficient (Wildman–Crippen LogP) is 2.74. The van der Waals surface area contributed by atoms with Crippen molar-refractivity contribution in [3.05, 3.63) is 29.8 Å². The first-order valence-electron chi connectivity index (χ1n) is 5.89. The van der Waals surface area contributed by atoms with E-state index in [1.807, 2.05) is 30.5 Å². The minimum absolute atomic E-state index is 0.0131. The van der Waals surface area contributed by atoms with Crippen LogP contribution < -0.4 is 0 Å². The smallest absolute Gasteiger partial charge is 0.223 e. The number of hydrogen-bond acceptors (Lipinski definition) is 3. The summed E-state index contributed by atoms with van der Waals surface area (Å²) in [4.78, 5) is 25.4. The third-order valence-corrected chi connectivity index (χ3v) is 3.44. The molecule has 0 bridgehead atoms. The van der Waals surface area contributed by atoms with Gasteiger partial charge in [0.1, 0.15) is 5.78 Å². The molecule has 1 aromatic carbocycles. The Kier molecular flexibility index (Phi) is 5.92. The third kappa shape index (κ3) is 4.92. The molecule has 0 unspecified atom stereocenters. The Morgan fingerprint density at radius 2 is 1.78 bits per heavy atom. The molecule has 1 aromatic rings. The molecule has 0 radical (unpaired) electrons. The number of benzene rings is 1. The van der Waals surface area contributed by atoms with Gasteiger partial charge in [0, 0.05) is 31.3 Å². The highest BCUT2D eigenvalue weighted by atomic mass is 32.2. The van der Waals surface area contributed by atoms with Crippen molar-refractivity contribution < 1.29 is 9.59 Å². The fourth-order valence-corrected chi connectivity index (χ4v) is 1.98. The van der Waals surface area contributed by atoms with Crippen molar-refractivity contribution >= 4 is 23.5 Å². The molecule has 0 aliphatic heterocycles. The molecule has 0 aliphatic rings. The van der Waals surface area contributed by atoms with Crippen LogP contribution in [0.4, 0.5) is 0 Å². The van der Waals surface area contributed by atoms with Crippen molar-refractivity contribution in [1.82, 2.24) is 4.90 Å². The molecule has 0 saturated carbocycles. The largest absolute Gasteiger partial charge is 0.341 e. The molecule has 0 aromatic heterocycles. The van der Waals surface area contributed by atoms with Gasteiger partial charge in [-0.05, 0) is 30.9 Å². The van der Waals surface area contributed by atoms with E-state index >= 15 is 0 Å². The molecule has 0 spiro atoms. The van der Waals surface area contributed by atoms with Crippen molar-refractivity contribution in [2.45, 2.75) is 31.2 Å². The summed E-state index contributed by atoms with van der Waals surface area (Å²) in [6.45, 7) is 2.10. The Hall–Kier alpha value is -1.29. The van der Waals surface area contributed by atoms with Gasteiger partial charge in [-0.25, -0.2) is 0 Å². The zero-order valence-electron chi connectivity index (χ0n) is 11.1. The Labute approximate surface area is 113 Å². The number of carbonyl (C=O) groups is 2. The van der Waals surface area contributed by atoms with E-state index in [1.165, 1.54) is 11.8 Å². The van der Waals surface area contributed by atoms with Gasteiger partial charge in [0.25, 0.3) is 0 Å². The molecule has 0 heterocycles. The van der Waals surface area contributed by atoms with E-state index < -0.39 is 0 Å². The predicted molar refractivity (Wildman–Crippen MR) is 74.6 cm³/mol. The van der Waals surface area contributed by atoms with Crippen LogP contribution in [0.2, 0.25) is 0 Å². The average Bonchev–Trinajstić information content (AvgIpc) is 2.36. The number of rotatable bonds is 6. The molecule has 0 N–H and O–H groups in total. The molecule has 1 amide bonds. The lowest BCUT2D eigenvalue weighted by Crippen LogP contribution is -2.26. The highest BCUT2D eigenvalue weighted by molar-refractivity contribution is 7.98. The number of ketones is 1. The number of Topliss-reactive ketones (excluding diaryl/α,β-unsaturated/α-hetero) is 1. The summed E-state index contributed by atoms with van der Waals surface area (Å²) < 4.78 is 0. The van der Waals surface area contributed by atoms with Crippen LogP contribution in [-0.2, 0) is 16.1 Å². The zero-order chi connectivity index (χ0) is 13.5. The molecular formula is C14H19NO2S. The topological polar surface area (TPSA) is 37.4 Å².